The number of benzene rings is 2. The van der Waals surface area contributed by atoms with Crippen LogP contribution in [0.1, 0.15) is 23.2 Å². The molecule has 1 N–H and O–H groups in total. The van der Waals surface area contributed by atoms with Gasteiger partial charge in [-0.1, -0.05) is 35.3 Å². The molecule has 2 aromatic rings. The number of rotatable bonds is 4. The second-order valence-corrected chi connectivity index (χ2v) is 7.27. The number of nitro groups is 1. The molecule has 2 aromatic carbocycles. The molecule has 0 saturated carbocycles. The van der Waals surface area contributed by atoms with Gasteiger partial charge in [-0.15, -0.1) is 0 Å². The van der Waals surface area contributed by atoms with Crippen LogP contribution in [0.5, 0.6) is 0 Å². The fourth-order valence-electron chi connectivity index (χ4n) is 3.10. The van der Waals surface area contributed by atoms with E-state index in [-0.39, 0.29) is 28.4 Å². The van der Waals surface area contributed by atoms with E-state index in [1.165, 1.54) is 18.2 Å². The molecule has 0 aromatic heterocycles. The molecular weight excluding hydrogens is 405 g/mol. The predicted molar refractivity (Wildman–Crippen MR) is 107 cm³/mol. The molecule has 28 heavy (non-hydrogen) atoms. The minimum Gasteiger partial charge on any atom is -0.339 e. The van der Waals surface area contributed by atoms with Crippen LogP contribution < -0.4 is 5.32 Å². The van der Waals surface area contributed by atoms with E-state index < -0.39 is 4.92 Å². The van der Waals surface area contributed by atoms with Crippen LogP contribution in [0, 0.1) is 16.0 Å². The lowest BCUT2D eigenvalue weighted by Crippen LogP contribution is -2.41. The number of anilines is 1. The standard InChI is InChI=1S/C19H17Cl2N3O4/c20-15-4-2-1-3-14(15)19(26)23-9-7-12(8-10-23)18(25)22-17-6-5-13(24(27)28)11-16(17)21/h1-6,11-12H,7-10H2,(H,22,25). The second kappa shape index (κ2) is 8.58. The molecule has 1 fully saturated rings. The Balaban J connectivity index is 1.59. The maximum atomic E-state index is 12.6. The van der Waals surface area contributed by atoms with Crippen LogP contribution in [0.15, 0.2) is 42.5 Å². The van der Waals surface area contributed by atoms with Crippen LogP contribution in [0.25, 0.3) is 0 Å². The number of hydrogen-bond acceptors (Lipinski definition) is 4. The molecule has 0 bridgehead atoms. The average Bonchev–Trinajstić information content (AvgIpc) is 2.69. The number of nitrogens with one attached hydrogen (secondary N) is 1. The Bertz CT molecular complexity index is 927. The van der Waals surface area contributed by atoms with Crippen molar-refractivity contribution in [3.63, 3.8) is 0 Å². The van der Waals surface area contributed by atoms with E-state index in [4.69, 9.17) is 23.2 Å². The lowest BCUT2D eigenvalue weighted by atomic mass is 9.95. The number of likely N-dealkylation sites (tertiary alicyclic amines) is 1. The highest BCUT2D eigenvalue weighted by Crippen LogP contribution is 2.28. The van der Waals surface area contributed by atoms with Crippen molar-refractivity contribution >= 4 is 46.4 Å². The number of carbonyl (C=O) groups is 2. The third kappa shape index (κ3) is 4.43. The SMILES string of the molecule is O=C(Nc1ccc([N+](=O)[O-])cc1Cl)C1CCN(C(=O)c2ccccc2Cl)CC1. The van der Waals surface area contributed by atoms with Gasteiger partial charge in [-0.3, -0.25) is 19.7 Å². The van der Waals surface area contributed by atoms with Crippen molar-refractivity contribution in [2.24, 2.45) is 5.92 Å². The first kappa shape index (κ1) is 20.1. The van der Waals surface area contributed by atoms with E-state index in [1.54, 1.807) is 29.2 Å². The Morgan fingerprint density at radius 1 is 1.07 bits per heavy atom. The number of nitro benzene ring substituents is 1. The zero-order valence-electron chi connectivity index (χ0n) is 14.7. The number of carbonyl (C=O) groups excluding carboxylic acids is 2. The zero-order valence-corrected chi connectivity index (χ0v) is 16.2. The van der Waals surface area contributed by atoms with Crippen LogP contribution in [-0.2, 0) is 4.79 Å². The highest BCUT2D eigenvalue weighted by Gasteiger charge is 2.29. The Kier molecular flexibility index (Phi) is 6.16. The molecule has 2 amide bonds. The van der Waals surface area contributed by atoms with Gasteiger partial charge in [0.15, 0.2) is 0 Å². The molecule has 0 spiro atoms. The van der Waals surface area contributed by atoms with Crippen LogP contribution in [0.3, 0.4) is 0 Å². The zero-order chi connectivity index (χ0) is 20.3. The lowest BCUT2D eigenvalue weighted by molar-refractivity contribution is -0.384. The van der Waals surface area contributed by atoms with Gasteiger partial charge in [-0.2, -0.15) is 0 Å². The number of non-ortho nitro benzene ring substituents is 1. The minimum absolute atomic E-state index is 0.105. The number of piperidine rings is 1. The van der Waals surface area contributed by atoms with Crippen molar-refractivity contribution in [1.29, 1.82) is 0 Å². The maximum Gasteiger partial charge on any atom is 0.271 e. The largest absolute Gasteiger partial charge is 0.339 e. The molecule has 146 valence electrons. The summed E-state index contributed by atoms with van der Waals surface area (Å²) < 4.78 is 0. The second-order valence-electron chi connectivity index (χ2n) is 6.46. The summed E-state index contributed by atoms with van der Waals surface area (Å²) in [5, 5.41) is 14.0. The van der Waals surface area contributed by atoms with Crippen LogP contribution >= 0.6 is 23.2 Å². The maximum absolute atomic E-state index is 12.6. The van der Waals surface area contributed by atoms with Crippen LogP contribution in [-0.4, -0.2) is 34.7 Å². The molecule has 7 nitrogen and oxygen atoms in total. The summed E-state index contributed by atoms with van der Waals surface area (Å²) in [5.41, 5.74) is 0.631. The number of nitrogens with zero attached hydrogens (tertiary/aromatic N) is 2. The summed E-state index contributed by atoms with van der Waals surface area (Å²) in [6.07, 6.45) is 1.01. The molecule has 3 rings (SSSR count). The van der Waals surface area contributed by atoms with Gasteiger partial charge in [0.05, 0.1) is 26.2 Å². The van der Waals surface area contributed by atoms with Crippen molar-refractivity contribution in [2.45, 2.75) is 12.8 Å². The molecule has 0 unspecified atom stereocenters. The monoisotopic (exact) mass is 421 g/mol. The fraction of sp³-hybridized carbons (Fsp3) is 0.263. The highest BCUT2D eigenvalue weighted by atomic mass is 35.5. The Labute approximate surface area is 171 Å². The smallest absolute Gasteiger partial charge is 0.271 e. The summed E-state index contributed by atoms with van der Waals surface area (Å²) in [6.45, 7) is 0.881. The fourth-order valence-corrected chi connectivity index (χ4v) is 3.54. The molecule has 0 aliphatic carbocycles. The third-order valence-corrected chi connectivity index (χ3v) is 5.32. The van der Waals surface area contributed by atoms with Crippen molar-refractivity contribution in [3.8, 4) is 0 Å². The molecule has 1 aliphatic heterocycles. The summed E-state index contributed by atoms with van der Waals surface area (Å²) in [7, 11) is 0. The summed E-state index contributed by atoms with van der Waals surface area (Å²) in [6, 6.07) is 10.8. The predicted octanol–water partition coefficient (Wildman–Crippen LogP) is 4.39. The topological polar surface area (TPSA) is 92.5 Å². The average molecular weight is 422 g/mol. The van der Waals surface area contributed by atoms with Gasteiger partial charge in [0, 0.05) is 31.1 Å². The summed E-state index contributed by atoms with van der Waals surface area (Å²) in [4.78, 5) is 37.0. The van der Waals surface area contributed by atoms with Gasteiger partial charge in [0.25, 0.3) is 11.6 Å². The van der Waals surface area contributed by atoms with E-state index in [9.17, 15) is 19.7 Å². The lowest BCUT2D eigenvalue weighted by Gasteiger charge is -2.31. The Morgan fingerprint density at radius 3 is 2.36 bits per heavy atom. The first-order chi connectivity index (χ1) is 13.4. The van der Waals surface area contributed by atoms with Crippen molar-refractivity contribution in [3.05, 3.63) is 68.2 Å². The number of halogens is 2. The summed E-state index contributed by atoms with van der Waals surface area (Å²) >= 11 is 12.1. The van der Waals surface area contributed by atoms with E-state index in [0.717, 1.165) is 0 Å². The van der Waals surface area contributed by atoms with Gasteiger partial charge in [-0.25, -0.2) is 0 Å². The molecular formula is C19H17Cl2N3O4. The van der Waals surface area contributed by atoms with E-state index in [2.05, 4.69) is 5.32 Å². The van der Waals surface area contributed by atoms with Gasteiger partial charge in [0.2, 0.25) is 5.91 Å². The van der Waals surface area contributed by atoms with Crippen molar-refractivity contribution < 1.29 is 14.5 Å². The normalized spacial score (nSPS) is 14.6. The highest BCUT2D eigenvalue weighted by molar-refractivity contribution is 6.34. The van der Waals surface area contributed by atoms with Crippen LogP contribution in [0.2, 0.25) is 10.0 Å². The minimum atomic E-state index is -0.552. The molecule has 9 heteroatoms. The van der Waals surface area contributed by atoms with E-state index >= 15 is 0 Å². The van der Waals surface area contributed by atoms with Gasteiger partial charge >= 0.3 is 0 Å². The van der Waals surface area contributed by atoms with Gasteiger partial charge in [0.1, 0.15) is 0 Å². The van der Waals surface area contributed by atoms with E-state index in [0.29, 0.717) is 42.2 Å². The van der Waals surface area contributed by atoms with E-state index in [1.807, 2.05) is 0 Å². The quantitative estimate of drug-likeness (QED) is 0.584. The molecule has 0 radical (unpaired) electrons. The number of hydrogen-bond donors (Lipinski definition) is 1. The van der Waals surface area contributed by atoms with Crippen LogP contribution in [0.4, 0.5) is 11.4 Å². The Morgan fingerprint density at radius 2 is 1.75 bits per heavy atom. The number of amides is 2. The molecule has 0 atom stereocenters. The first-order valence-electron chi connectivity index (χ1n) is 8.65. The van der Waals surface area contributed by atoms with Crippen molar-refractivity contribution in [1.82, 2.24) is 4.90 Å². The first-order valence-corrected chi connectivity index (χ1v) is 9.41. The molecule has 1 saturated heterocycles. The van der Waals surface area contributed by atoms with Crippen molar-refractivity contribution in [2.75, 3.05) is 18.4 Å². The third-order valence-electron chi connectivity index (χ3n) is 4.68. The molecule has 1 heterocycles. The Hall–Kier alpha value is -2.64. The van der Waals surface area contributed by atoms with Gasteiger partial charge < -0.3 is 10.2 Å². The van der Waals surface area contributed by atoms with Gasteiger partial charge in [-0.05, 0) is 31.0 Å². The molecule has 1 aliphatic rings. The summed E-state index contributed by atoms with van der Waals surface area (Å²) in [5.74, 6) is -0.648.